The predicted octanol–water partition coefficient (Wildman–Crippen LogP) is 5.85. The smallest absolute Gasteiger partial charge is 0.160 e. The van der Waals surface area contributed by atoms with Crippen molar-refractivity contribution in [3.8, 4) is 0 Å². The summed E-state index contributed by atoms with van der Waals surface area (Å²) in [6.07, 6.45) is 3.24. The highest BCUT2D eigenvalue weighted by atomic mass is 35.7. The zero-order valence-corrected chi connectivity index (χ0v) is 11.7. The van der Waals surface area contributed by atoms with Crippen LogP contribution < -0.4 is 0 Å². The van der Waals surface area contributed by atoms with Crippen LogP contribution in [0.25, 0.3) is 6.08 Å². The molecule has 2 rings (SSSR count). The van der Waals surface area contributed by atoms with Crippen LogP contribution in [0, 0.1) is 0 Å². The van der Waals surface area contributed by atoms with Gasteiger partial charge in [0.25, 0.3) is 0 Å². The quantitative estimate of drug-likeness (QED) is 0.642. The van der Waals surface area contributed by atoms with Gasteiger partial charge in [-0.15, -0.1) is 0 Å². The van der Waals surface area contributed by atoms with Crippen LogP contribution in [0.1, 0.15) is 31.4 Å². The van der Waals surface area contributed by atoms with Crippen LogP contribution in [0.3, 0.4) is 0 Å². The molecule has 0 nitrogen and oxygen atoms in total. The molecule has 1 unspecified atom stereocenters. The Kier molecular flexibility index (Phi) is 3.45. The third-order valence-electron chi connectivity index (χ3n) is 3.04. The highest BCUT2D eigenvalue weighted by molar-refractivity contribution is 8.54. The van der Waals surface area contributed by atoms with Crippen LogP contribution >= 0.6 is 19.9 Å². The van der Waals surface area contributed by atoms with E-state index in [1.54, 1.807) is 18.2 Å². The third kappa shape index (κ3) is 1.95. The number of alkyl halides is 3. The number of halogens is 4. The van der Waals surface area contributed by atoms with E-state index in [0.29, 0.717) is 5.56 Å². The Morgan fingerprint density at radius 2 is 1.94 bits per heavy atom. The summed E-state index contributed by atoms with van der Waals surface area (Å²) in [5.41, 5.74) is -2.87. The summed E-state index contributed by atoms with van der Waals surface area (Å²) >= 11 is 0. The van der Waals surface area contributed by atoms with E-state index >= 15 is 0 Å². The van der Waals surface area contributed by atoms with E-state index in [1.165, 1.54) is 6.92 Å². The van der Waals surface area contributed by atoms with Crippen LogP contribution in [-0.2, 0) is 6.42 Å². The van der Waals surface area contributed by atoms with Crippen LogP contribution in [0.2, 0.25) is 0 Å². The molecule has 1 aliphatic rings. The van der Waals surface area contributed by atoms with E-state index in [0.717, 1.165) is 18.4 Å². The summed E-state index contributed by atoms with van der Waals surface area (Å²) in [6, 6.07) is 5.25. The molecule has 100 valence electrons. The lowest BCUT2D eigenvalue weighted by molar-refractivity contribution is -0.0359. The molecule has 5 heteroatoms. The maximum Gasteiger partial charge on any atom is 0.445 e. The minimum absolute atomic E-state index is 0.223. The van der Waals surface area contributed by atoms with E-state index < -0.39 is 14.7 Å². The van der Waals surface area contributed by atoms with Crippen molar-refractivity contribution in [1.82, 2.24) is 0 Å². The standard InChI is InChI=1S/C13H14ClF3S/c1-3-4-10-5-6-11-7-9(2)18(14,12(11)8-10)13(15,16)17/h5-8H,3-4H2,1-2H3. The summed E-state index contributed by atoms with van der Waals surface area (Å²) in [4.78, 5) is 0.473. The van der Waals surface area contributed by atoms with Gasteiger partial charge in [-0.3, -0.25) is 0 Å². The molecule has 0 N–H and O–H groups in total. The molecule has 0 radical (unpaired) electrons. The summed E-state index contributed by atoms with van der Waals surface area (Å²) < 4.78 is 39.8. The summed E-state index contributed by atoms with van der Waals surface area (Å²) in [5, 5.41) is 0. The van der Waals surface area contributed by atoms with Crippen molar-refractivity contribution in [3.05, 3.63) is 34.2 Å². The van der Waals surface area contributed by atoms with E-state index in [4.69, 9.17) is 10.7 Å². The maximum absolute atomic E-state index is 13.3. The first-order valence-corrected chi connectivity index (χ1v) is 8.17. The number of hydrogen-bond acceptors (Lipinski definition) is 0. The second kappa shape index (κ2) is 4.49. The van der Waals surface area contributed by atoms with Crippen LogP contribution in [-0.4, -0.2) is 5.51 Å². The molecule has 1 aromatic rings. The first kappa shape index (κ1) is 13.8. The van der Waals surface area contributed by atoms with Gasteiger partial charge in [-0.1, -0.05) is 25.5 Å². The molecule has 0 aromatic heterocycles. The molecular weight excluding hydrogens is 281 g/mol. The summed E-state index contributed by atoms with van der Waals surface area (Å²) in [5.74, 6) is 0. The van der Waals surface area contributed by atoms with Crippen LogP contribution in [0.15, 0.2) is 28.0 Å². The van der Waals surface area contributed by atoms with E-state index in [2.05, 4.69) is 0 Å². The minimum atomic E-state index is -4.40. The lowest BCUT2D eigenvalue weighted by Gasteiger charge is -2.33. The predicted molar refractivity (Wildman–Crippen MR) is 71.9 cm³/mol. The van der Waals surface area contributed by atoms with Gasteiger partial charge in [-0.25, -0.2) is 0 Å². The van der Waals surface area contributed by atoms with Crippen LogP contribution in [0.4, 0.5) is 13.2 Å². The fraction of sp³-hybridized carbons (Fsp3) is 0.385. The Hall–Kier alpha value is -0.610. The molecule has 0 spiro atoms. The van der Waals surface area contributed by atoms with Crippen molar-refractivity contribution >= 4 is 26.0 Å². The Labute approximate surface area is 111 Å². The first-order chi connectivity index (χ1) is 8.30. The highest BCUT2D eigenvalue weighted by Gasteiger charge is 2.54. The van der Waals surface area contributed by atoms with Crippen molar-refractivity contribution in [3.63, 3.8) is 0 Å². The SMILES string of the molecule is CCCc1ccc2c(c1)S(Cl)(C(F)(F)F)C(C)=C2. The zero-order chi connectivity index (χ0) is 13.6. The van der Waals surface area contributed by atoms with Gasteiger partial charge in [0, 0.05) is 4.90 Å². The largest absolute Gasteiger partial charge is 0.445 e. The van der Waals surface area contributed by atoms with Crippen molar-refractivity contribution < 1.29 is 13.2 Å². The second-order valence-electron chi connectivity index (χ2n) is 4.36. The molecule has 1 atom stereocenters. The zero-order valence-electron chi connectivity index (χ0n) is 10.1. The molecule has 1 aromatic carbocycles. The van der Waals surface area contributed by atoms with Gasteiger partial charge in [-0.05, 0) is 61.4 Å². The molecule has 0 fully saturated rings. The number of aryl methyl sites for hydroxylation is 1. The van der Waals surface area contributed by atoms with E-state index in [1.807, 2.05) is 13.0 Å². The molecule has 0 bridgehead atoms. The van der Waals surface area contributed by atoms with Gasteiger partial charge in [0.05, 0.1) is 0 Å². The summed E-state index contributed by atoms with van der Waals surface area (Å²) in [7, 11) is 2.62. The lowest BCUT2D eigenvalue weighted by Crippen LogP contribution is -2.15. The van der Waals surface area contributed by atoms with Crippen molar-refractivity contribution in [2.75, 3.05) is 0 Å². The van der Waals surface area contributed by atoms with Gasteiger partial charge in [-0.2, -0.15) is 13.2 Å². The molecule has 0 saturated heterocycles. The number of allylic oxidation sites excluding steroid dienone is 1. The molecular formula is C13H14ClF3S. The second-order valence-corrected chi connectivity index (χ2v) is 8.37. The normalized spacial score (nSPS) is 26.4. The molecule has 0 amide bonds. The number of benzene rings is 1. The van der Waals surface area contributed by atoms with Gasteiger partial charge in [0.15, 0.2) is 0 Å². The number of fused-ring (bicyclic) bond motifs is 1. The van der Waals surface area contributed by atoms with Gasteiger partial charge < -0.3 is 0 Å². The van der Waals surface area contributed by atoms with Crippen molar-refractivity contribution in [2.24, 2.45) is 0 Å². The topological polar surface area (TPSA) is 0 Å². The Morgan fingerprint density at radius 3 is 2.50 bits per heavy atom. The Morgan fingerprint density at radius 1 is 1.28 bits per heavy atom. The number of rotatable bonds is 2. The van der Waals surface area contributed by atoms with Gasteiger partial charge >= 0.3 is 5.51 Å². The minimum Gasteiger partial charge on any atom is -0.160 e. The van der Waals surface area contributed by atoms with Gasteiger partial charge in [0.2, 0.25) is 0 Å². The maximum atomic E-state index is 13.3. The monoisotopic (exact) mass is 294 g/mol. The van der Waals surface area contributed by atoms with Crippen molar-refractivity contribution in [2.45, 2.75) is 37.1 Å². The average Bonchev–Trinajstić information content (AvgIpc) is 2.53. The molecule has 18 heavy (non-hydrogen) atoms. The summed E-state index contributed by atoms with van der Waals surface area (Å²) in [6.45, 7) is 3.47. The van der Waals surface area contributed by atoms with E-state index in [-0.39, 0.29) is 9.80 Å². The van der Waals surface area contributed by atoms with Gasteiger partial charge in [0.1, 0.15) is 0 Å². The highest BCUT2D eigenvalue weighted by Crippen LogP contribution is 2.79. The average molecular weight is 295 g/mol. The van der Waals surface area contributed by atoms with Crippen LogP contribution in [0.5, 0.6) is 0 Å². The first-order valence-electron chi connectivity index (χ1n) is 5.71. The molecule has 0 saturated carbocycles. The van der Waals surface area contributed by atoms with Crippen molar-refractivity contribution in [1.29, 1.82) is 0 Å². The van der Waals surface area contributed by atoms with E-state index in [9.17, 15) is 13.2 Å². The third-order valence-corrected chi connectivity index (χ3v) is 7.40. The lowest BCUT2D eigenvalue weighted by atomic mass is 10.1. The number of hydrogen-bond donors (Lipinski definition) is 0. The fourth-order valence-electron chi connectivity index (χ4n) is 2.17. The Balaban J connectivity index is 2.56. The Bertz CT molecular complexity index is 507. The molecule has 0 aliphatic carbocycles. The fourth-order valence-corrected chi connectivity index (χ4v) is 4.72. The molecule has 1 aliphatic heterocycles. The molecule has 1 heterocycles.